The highest BCUT2D eigenvalue weighted by Crippen LogP contribution is 2.32. The first kappa shape index (κ1) is 20.1. The molecule has 0 atom stereocenters. The summed E-state index contributed by atoms with van der Waals surface area (Å²) in [5.74, 6) is 0.228. The third kappa shape index (κ3) is 5.20. The SMILES string of the molecule is Cc1nc(NC(=O)CCc2ccc(-c3ccccc3F)o2)sc1SCC(N)=O. The molecule has 0 radical (unpaired) electrons. The zero-order chi connectivity index (χ0) is 20.1. The summed E-state index contributed by atoms with van der Waals surface area (Å²) in [5, 5.41) is 3.22. The van der Waals surface area contributed by atoms with Crippen LogP contribution in [0.25, 0.3) is 11.3 Å². The molecule has 3 aromatic rings. The number of furan rings is 1. The van der Waals surface area contributed by atoms with Crippen molar-refractivity contribution in [1.82, 2.24) is 4.98 Å². The van der Waals surface area contributed by atoms with Gasteiger partial charge in [0.1, 0.15) is 17.3 Å². The number of rotatable bonds is 8. The van der Waals surface area contributed by atoms with Gasteiger partial charge in [-0.3, -0.25) is 9.59 Å². The van der Waals surface area contributed by atoms with Gasteiger partial charge in [-0.2, -0.15) is 0 Å². The van der Waals surface area contributed by atoms with Gasteiger partial charge in [0.25, 0.3) is 0 Å². The monoisotopic (exact) mass is 419 g/mol. The summed E-state index contributed by atoms with van der Waals surface area (Å²) >= 11 is 2.60. The van der Waals surface area contributed by atoms with Gasteiger partial charge in [0.05, 0.1) is 21.2 Å². The van der Waals surface area contributed by atoms with Crippen molar-refractivity contribution in [2.45, 2.75) is 24.0 Å². The molecule has 3 rings (SSSR count). The van der Waals surface area contributed by atoms with E-state index in [2.05, 4.69) is 10.3 Å². The van der Waals surface area contributed by atoms with Gasteiger partial charge in [0.2, 0.25) is 11.8 Å². The van der Waals surface area contributed by atoms with Crippen molar-refractivity contribution in [3.05, 3.63) is 53.7 Å². The second kappa shape index (κ2) is 9.03. The van der Waals surface area contributed by atoms with Gasteiger partial charge in [0.15, 0.2) is 5.13 Å². The van der Waals surface area contributed by atoms with E-state index in [1.54, 1.807) is 30.3 Å². The number of amides is 2. The maximum Gasteiger partial charge on any atom is 0.227 e. The number of thioether (sulfide) groups is 1. The van der Waals surface area contributed by atoms with E-state index < -0.39 is 5.91 Å². The number of primary amides is 1. The zero-order valence-electron chi connectivity index (χ0n) is 15.0. The minimum atomic E-state index is -0.406. The number of nitrogens with one attached hydrogen (secondary N) is 1. The van der Waals surface area contributed by atoms with Crippen LogP contribution in [-0.2, 0) is 16.0 Å². The number of aromatic nitrogens is 1. The topological polar surface area (TPSA) is 98.2 Å². The molecule has 1 aromatic carbocycles. The van der Waals surface area contributed by atoms with E-state index in [-0.39, 0.29) is 23.9 Å². The maximum absolute atomic E-state index is 13.8. The summed E-state index contributed by atoms with van der Waals surface area (Å²) in [4.78, 5) is 27.3. The fraction of sp³-hybridized carbons (Fsp3) is 0.211. The second-order valence-electron chi connectivity index (χ2n) is 5.94. The molecule has 0 aliphatic rings. The van der Waals surface area contributed by atoms with Crippen LogP contribution in [0.2, 0.25) is 0 Å². The van der Waals surface area contributed by atoms with Crippen LogP contribution in [0, 0.1) is 12.7 Å². The molecule has 0 fully saturated rings. The molecule has 0 unspecified atom stereocenters. The van der Waals surface area contributed by atoms with Crippen molar-refractivity contribution in [2.24, 2.45) is 5.73 Å². The lowest BCUT2D eigenvalue weighted by atomic mass is 10.1. The summed E-state index contributed by atoms with van der Waals surface area (Å²) in [6.07, 6.45) is 0.584. The summed E-state index contributed by atoms with van der Waals surface area (Å²) in [7, 11) is 0. The van der Waals surface area contributed by atoms with E-state index in [1.165, 1.54) is 29.2 Å². The molecule has 0 saturated carbocycles. The van der Waals surface area contributed by atoms with E-state index in [9.17, 15) is 14.0 Å². The van der Waals surface area contributed by atoms with Crippen LogP contribution < -0.4 is 11.1 Å². The molecule has 9 heteroatoms. The molecule has 146 valence electrons. The first-order valence-corrected chi connectivity index (χ1v) is 10.2. The Labute approximate surface area is 169 Å². The smallest absolute Gasteiger partial charge is 0.227 e. The number of anilines is 1. The van der Waals surface area contributed by atoms with Crippen molar-refractivity contribution in [3.63, 3.8) is 0 Å². The van der Waals surface area contributed by atoms with Gasteiger partial charge >= 0.3 is 0 Å². The Kier molecular flexibility index (Phi) is 6.48. The number of aryl methyl sites for hydroxylation is 2. The number of nitrogens with zero attached hydrogens (tertiary/aromatic N) is 1. The number of nitrogens with two attached hydrogens (primary N) is 1. The van der Waals surface area contributed by atoms with Crippen LogP contribution in [0.5, 0.6) is 0 Å². The highest BCUT2D eigenvalue weighted by atomic mass is 32.2. The van der Waals surface area contributed by atoms with Crippen LogP contribution in [0.4, 0.5) is 9.52 Å². The van der Waals surface area contributed by atoms with Crippen molar-refractivity contribution in [2.75, 3.05) is 11.1 Å². The second-order valence-corrected chi connectivity index (χ2v) is 8.18. The molecular weight excluding hydrogens is 401 g/mol. The Balaban J connectivity index is 1.54. The van der Waals surface area contributed by atoms with Crippen molar-refractivity contribution >= 4 is 40.0 Å². The fourth-order valence-corrected chi connectivity index (χ4v) is 4.34. The first-order valence-electron chi connectivity index (χ1n) is 8.44. The van der Waals surface area contributed by atoms with Crippen molar-refractivity contribution in [1.29, 1.82) is 0 Å². The van der Waals surface area contributed by atoms with Crippen LogP contribution >= 0.6 is 23.1 Å². The van der Waals surface area contributed by atoms with E-state index in [1.807, 2.05) is 6.92 Å². The van der Waals surface area contributed by atoms with Crippen molar-refractivity contribution in [3.8, 4) is 11.3 Å². The minimum Gasteiger partial charge on any atom is -0.461 e. The van der Waals surface area contributed by atoms with E-state index >= 15 is 0 Å². The summed E-state index contributed by atoms with van der Waals surface area (Å²) in [6, 6.07) is 9.80. The first-order chi connectivity index (χ1) is 13.4. The highest BCUT2D eigenvalue weighted by molar-refractivity contribution is 8.01. The van der Waals surface area contributed by atoms with Crippen LogP contribution in [0.1, 0.15) is 17.9 Å². The summed E-state index contributed by atoms with van der Waals surface area (Å²) in [6.45, 7) is 1.81. The normalized spacial score (nSPS) is 10.8. The molecule has 3 N–H and O–H groups in total. The van der Waals surface area contributed by atoms with E-state index in [4.69, 9.17) is 10.2 Å². The van der Waals surface area contributed by atoms with Gasteiger partial charge in [-0.05, 0) is 31.2 Å². The average Bonchev–Trinajstić information content (AvgIpc) is 3.25. The van der Waals surface area contributed by atoms with Crippen LogP contribution in [0.3, 0.4) is 0 Å². The largest absolute Gasteiger partial charge is 0.461 e. The number of hydrogen-bond acceptors (Lipinski definition) is 6. The molecule has 2 aromatic heterocycles. The summed E-state index contributed by atoms with van der Waals surface area (Å²) < 4.78 is 20.3. The molecular formula is C19H18FN3O3S2. The van der Waals surface area contributed by atoms with Gasteiger partial charge in [-0.1, -0.05) is 23.5 Å². The lowest BCUT2D eigenvalue weighted by Gasteiger charge is -2.01. The number of benzene rings is 1. The Morgan fingerprint density at radius 3 is 2.82 bits per heavy atom. The van der Waals surface area contributed by atoms with Crippen molar-refractivity contribution < 1.29 is 18.4 Å². The predicted octanol–water partition coefficient (Wildman–Crippen LogP) is 4.00. The molecule has 0 aliphatic carbocycles. The summed E-state index contributed by atoms with van der Waals surface area (Å²) in [5.41, 5.74) is 6.27. The Bertz CT molecular complexity index is 1000. The van der Waals surface area contributed by atoms with Gasteiger partial charge < -0.3 is 15.5 Å². The van der Waals surface area contributed by atoms with Gasteiger partial charge in [-0.15, -0.1) is 11.8 Å². The third-order valence-corrected chi connectivity index (χ3v) is 6.20. The predicted molar refractivity (Wildman–Crippen MR) is 108 cm³/mol. The molecule has 2 amide bonds. The quantitative estimate of drug-likeness (QED) is 0.538. The average molecular weight is 420 g/mol. The number of halogens is 1. The molecule has 28 heavy (non-hydrogen) atoms. The minimum absolute atomic E-state index is 0.166. The van der Waals surface area contributed by atoms with Gasteiger partial charge in [-0.25, -0.2) is 9.37 Å². The number of thiazole rings is 1. The zero-order valence-corrected chi connectivity index (χ0v) is 16.7. The van der Waals surface area contributed by atoms with Gasteiger partial charge in [0, 0.05) is 12.8 Å². The fourth-order valence-electron chi connectivity index (χ4n) is 2.44. The third-order valence-electron chi connectivity index (χ3n) is 3.75. The molecule has 0 spiro atoms. The lowest BCUT2D eigenvalue weighted by molar-refractivity contribution is -0.116. The molecule has 0 aliphatic heterocycles. The number of carbonyl (C=O) groups excluding carboxylic acids is 2. The Morgan fingerprint density at radius 1 is 1.29 bits per heavy atom. The standard InChI is InChI=1S/C19H18FN3O3S2/c1-11-18(27-10-16(21)24)28-19(22-11)23-17(25)9-7-12-6-8-15(26-12)13-4-2-3-5-14(13)20/h2-6,8H,7,9-10H2,1H3,(H2,21,24)(H,22,23,25). The number of hydrogen-bond donors (Lipinski definition) is 2. The molecule has 0 bridgehead atoms. The van der Waals surface area contributed by atoms with Crippen LogP contribution in [-0.4, -0.2) is 22.6 Å². The highest BCUT2D eigenvalue weighted by Gasteiger charge is 2.13. The lowest BCUT2D eigenvalue weighted by Crippen LogP contribution is -2.12. The maximum atomic E-state index is 13.8. The Morgan fingerprint density at radius 2 is 2.07 bits per heavy atom. The molecule has 6 nitrogen and oxygen atoms in total. The van der Waals surface area contributed by atoms with Crippen LogP contribution in [0.15, 0.2) is 45.0 Å². The van der Waals surface area contributed by atoms with E-state index in [0.29, 0.717) is 28.6 Å². The van der Waals surface area contributed by atoms with E-state index in [0.717, 1.165) is 9.90 Å². The molecule has 0 saturated heterocycles. The Hall–Kier alpha value is -2.65. The number of carbonyl (C=O) groups is 2. The molecule has 2 heterocycles.